The predicted octanol–water partition coefficient (Wildman–Crippen LogP) is 2.17. The number of amides is 1. The molecule has 1 aliphatic heterocycles. The molecule has 1 amide bonds. The minimum Gasteiger partial charge on any atom is -0.423 e. The fraction of sp³-hybridized carbons (Fsp3) is 0.636. The van der Waals surface area contributed by atoms with Gasteiger partial charge in [-0.25, -0.2) is 0 Å². The SMILES string of the molecule is CNC1C2CCC3C[C@@H](NC(=O)c4cccc5oc(N6CCOC[C@@H]6C)nc45)C321. The lowest BCUT2D eigenvalue weighted by atomic mass is 9.66. The first kappa shape index (κ1) is 17.7. The van der Waals surface area contributed by atoms with Crippen LogP contribution in [0.3, 0.4) is 0 Å². The molecule has 6 rings (SSSR count). The van der Waals surface area contributed by atoms with Crippen molar-refractivity contribution in [1.29, 1.82) is 0 Å². The zero-order valence-corrected chi connectivity index (χ0v) is 17.0. The van der Waals surface area contributed by atoms with Crippen LogP contribution in [0.4, 0.5) is 6.01 Å². The van der Waals surface area contributed by atoms with Gasteiger partial charge in [-0.05, 0) is 57.2 Å². The molecule has 3 saturated carbocycles. The molecule has 0 radical (unpaired) electrons. The van der Waals surface area contributed by atoms with Gasteiger partial charge in [-0.2, -0.15) is 4.98 Å². The molecule has 4 fully saturated rings. The molecule has 2 aromatic rings. The Bertz CT molecular complexity index is 968. The Morgan fingerprint density at radius 3 is 3.03 bits per heavy atom. The number of hydrogen-bond acceptors (Lipinski definition) is 6. The number of fused-ring (bicyclic) bond motifs is 1. The number of carbonyl (C=O) groups is 1. The van der Waals surface area contributed by atoms with Crippen molar-refractivity contribution in [2.75, 3.05) is 31.7 Å². The predicted molar refractivity (Wildman–Crippen MR) is 109 cm³/mol. The molecule has 154 valence electrons. The van der Waals surface area contributed by atoms with Gasteiger partial charge in [0.1, 0.15) is 5.52 Å². The third-order valence-electron chi connectivity index (χ3n) is 8.01. The van der Waals surface area contributed by atoms with Gasteiger partial charge < -0.3 is 24.7 Å². The molecular weight excluding hydrogens is 368 g/mol. The second-order valence-electron chi connectivity index (χ2n) is 9.17. The molecule has 2 heterocycles. The van der Waals surface area contributed by atoms with Crippen molar-refractivity contribution in [1.82, 2.24) is 15.6 Å². The number of oxazole rings is 1. The third-order valence-corrected chi connectivity index (χ3v) is 8.01. The maximum Gasteiger partial charge on any atom is 0.298 e. The van der Waals surface area contributed by atoms with Gasteiger partial charge in [0.2, 0.25) is 0 Å². The number of aromatic nitrogens is 1. The molecule has 2 N–H and O–H groups in total. The first-order valence-corrected chi connectivity index (χ1v) is 10.9. The lowest BCUT2D eigenvalue weighted by molar-refractivity contribution is 0.0633. The van der Waals surface area contributed by atoms with Crippen LogP contribution in [0.1, 0.15) is 36.5 Å². The minimum atomic E-state index is -0.0318. The van der Waals surface area contributed by atoms with E-state index in [1.165, 1.54) is 12.8 Å². The highest BCUT2D eigenvalue weighted by atomic mass is 16.5. The molecule has 4 aliphatic rings. The van der Waals surface area contributed by atoms with Crippen LogP contribution in [0.15, 0.2) is 22.6 Å². The first-order chi connectivity index (χ1) is 14.1. The van der Waals surface area contributed by atoms with Crippen molar-refractivity contribution >= 4 is 23.0 Å². The van der Waals surface area contributed by atoms with Crippen molar-refractivity contribution in [3.05, 3.63) is 23.8 Å². The van der Waals surface area contributed by atoms with E-state index in [2.05, 4.69) is 29.5 Å². The van der Waals surface area contributed by atoms with Crippen LogP contribution in [-0.4, -0.2) is 55.8 Å². The number of para-hydroxylation sites is 1. The maximum atomic E-state index is 13.2. The maximum absolute atomic E-state index is 13.2. The van der Waals surface area contributed by atoms with E-state index in [0.29, 0.717) is 47.3 Å². The zero-order valence-electron chi connectivity index (χ0n) is 17.0. The normalized spacial score (nSPS) is 37.7. The summed E-state index contributed by atoms with van der Waals surface area (Å²) in [6.07, 6.45) is 3.71. The molecule has 7 heteroatoms. The standard InChI is InChI=1S/C22H28N4O3/c1-12-11-28-9-8-26(12)21-25-18-14(4-3-5-16(18)29-21)20(27)24-17-10-13-6-7-15-19(23-2)22(13,15)17/h3-5,12-13,15,17,19,23H,6-11H2,1-2H3,(H,24,27)/t12-,13?,15?,17+,19?,22?/m0/s1. The number of rotatable bonds is 4. The van der Waals surface area contributed by atoms with Gasteiger partial charge in [-0.15, -0.1) is 0 Å². The highest BCUT2D eigenvalue weighted by molar-refractivity contribution is 6.05. The van der Waals surface area contributed by atoms with Gasteiger partial charge in [-0.3, -0.25) is 4.79 Å². The average molecular weight is 396 g/mol. The Hall–Kier alpha value is -2.12. The van der Waals surface area contributed by atoms with Crippen LogP contribution < -0.4 is 15.5 Å². The summed E-state index contributed by atoms with van der Waals surface area (Å²) < 4.78 is 11.5. The van der Waals surface area contributed by atoms with E-state index in [1.54, 1.807) is 0 Å². The molecule has 1 aromatic carbocycles. The molecule has 1 saturated heterocycles. The molecule has 0 bridgehead atoms. The Kier molecular flexibility index (Phi) is 3.78. The number of carbonyl (C=O) groups excluding carboxylic acids is 1. The topological polar surface area (TPSA) is 79.6 Å². The molecule has 3 aliphatic carbocycles. The van der Waals surface area contributed by atoms with Crippen LogP contribution in [0.2, 0.25) is 0 Å². The number of morpholine rings is 1. The summed E-state index contributed by atoms with van der Waals surface area (Å²) >= 11 is 0. The zero-order chi connectivity index (χ0) is 19.8. The lowest BCUT2D eigenvalue weighted by Crippen LogP contribution is -2.56. The van der Waals surface area contributed by atoms with Crippen LogP contribution in [0.5, 0.6) is 0 Å². The van der Waals surface area contributed by atoms with Gasteiger partial charge in [0.15, 0.2) is 5.58 Å². The molecule has 29 heavy (non-hydrogen) atoms. The average Bonchev–Trinajstić information content (AvgIpc) is 3.06. The van der Waals surface area contributed by atoms with Crippen LogP contribution >= 0.6 is 0 Å². The summed E-state index contributed by atoms with van der Waals surface area (Å²) in [4.78, 5) is 20.0. The number of nitrogens with one attached hydrogen (secondary N) is 2. The van der Waals surface area contributed by atoms with E-state index in [9.17, 15) is 4.79 Å². The van der Waals surface area contributed by atoms with E-state index in [1.807, 2.05) is 18.2 Å². The van der Waals surface area contributed by atoms with E-state index in [0.717, 1.165) is 24.8 Å². The smallest absolute Gasteiger partial charge is 0.298 e. The summed E-state index contributed by atoms with van der Waals surface area (Å²) in [5.41, 5.74) is 2.22. The van der Waals surface area contributed by atoms with Gasteiger partial charge >= 0.3 is 0 Å². The van der Waals surface area contributed by atoms with Crippen molar-refractivity contribution < 1.29 is 13.9 Å². The van der Waals surface area contributed by atoms with Crippen molar-refractivity contribution in [2.45, 2.75) is 44.3 Å². The third kappa shape index (κ3) is 2.31. The van der Waals surface area contributed by atoms with E-state index in [-0.39, 0.29) is 18.0 Å². The minimum absolute atomic E-state index is 0.0318. The number of ether oxygens (including phenoxy) is 1. The largest absolute Gasteiger partial charge is 0.423 e. The Morgan fingerprint density at radius 2 is 2.24 bits per heavy atom. The number of hydrogen-bond donors (Lipinski definition) is 2. The van der Waals surface area contributed by atoms with Gasteiger partial charge in [0.25, 0.3) is 11.9 Å². The molecule has 1 aromatic heterocycles. The molecule has 4 unspecified atom stereocenters. The van der Waals surface area contributed by atoms with Gasteiger partial charge in [0, 0.05) is 24.0 Å². The summed E-state index contributed by atoms with van der Waals surface area (Å²) in [6.45, 7) is 4.16. The monoisotopic (exact) mass is 396 g/mol. The number of benzene rings is 1. The molecule has 7 nitrogen and oxygen atoms in total. The van der Waals surface area contributed by atoms with Crippen LogP contribution in [0.25, 0.3) is 11.1 Å². The molecule has 6 atom stereocenters. The summed E-state index contributed by atoms with van der Waals surface area (Å²) in [7, 11) is 2.05. The summed E-state index contributed by atoms with van der Waals surface area (Å²) in [6, 6.07) is 7.23. The fourth-order valence-electron chi connectivity index (χ4n) is 6.64. The fourth-order valence-corrected chi connectivity index (χ4v) is 6.64. The van der Waals surface area contributed by atoms with Crippen molar-refractivity contribution in [2.24, 2.45) is 17.3 Å². The second-order valence-corrected chi connectivity index (χ2v) is 9.17. The second kappa shape index (κ2) is 6.19. The highest BCUT2D eigenvalue weighted by Crippen LogP contribution is 2.75. The Morgan fingerprint density at radius 1 is 1.34 bits per heavy atom. The van der Waals surface area contributed by atoms with Crippen molar-refractivity contribution in [3.63, 3.8) is 0 Å². The summed E-state index contributed by atoms with van der Waals surface area (Å²) in [5.74, 6) is 1.47. The Labute approximate surface area is 170 Å². The first-order valence-electron chi connectivity index (χ1n) is 10.9. The Balaban J connectivity index is 1.26. The highest BCUT2D eigenvalue weighted by Gasteiger charge is 2.79. The molecule has 1 spiro atoms. The van der Waals surface area contributed by atoms with Gasteiger partial charge in [-0.1, -0.05) is 6.07 Å². The summed E-state index contributed by atoms with van der Waals surface area (Å²) in [5, 5.41) is 6.83. The van der Waals surface area contributed by atoms with E-state index < -0.39 is 0 Å². The number of nitrogens with zero attached hydrogens (tertiary/aromatic N) is 2. The lowest BCUT2D eigenvalue weighted by Gasteiger charge is -2.45. The van der Waals surface area contributed by atoms with E-state index in [4.69, 9.17) is 14.1 Å². The van der Waals surface area contributed by atoms with Gasteiger partial charge in [0.05, 0.1) is 24.8 Å². The molecular formula is C22H28N4O3. The quantitative estimate of drug-likeness (QED) is 0.825. The van der Waals surface area contributed by atoms with Crippen LogP contribution in [0, 0.1) is 17.3 Å². The van der Waals surface area contributed by atoms with E-state index >= 15 is 0 Å². The van der Waals surface area contributed by atoms with Crippen molar-refractivity contribution in [3.8, 4) is 0 Å². The van der Waals surface area contributed by atoms with Crippen LogP contribution in [-0.2, 0) is 4.74 Å². The number of anilines is 1.